The molecule has 0 aromatic heterocycles. The van der Waals surface area contributed by atoms with Crippen molar-refractivity contribution >= 4 is 40.1 Å². The van der Waals surface area contributed by atoms with Gasteiger partial charge in [0.1, 0.15) is 28.3 Å². The fourth-order valence-corrected chi connectivity index (χ4v) is 4.70. The van der Waals surface area contributed by atoms with Gasteiger partial charge in [0.2, 0.25) is 11.8 Å². The van der Waals surface area contributed by atoms with Crippen LogP contribution >= 0.6 is 11.8 Å². The topological polar surface area (TPSA) is 80.2 Å². The van der Waals surface area contributed by atoms with Gasteiger partial charge in [-0.3, -0.25) is 14.5 Å². The Morgan fingerprint density at radius 2 is 1.74 bits per heavy atom. The number of methoxy groups -OCH3 is 2. The number of hydrogen-bond acceptors (Lipinski definition) is 6. The van der Waals surface area contributed by atoms with E-state index in [1.165, 1.54) is 18.1 Å². The van der Waals surface area contributed by atoms with E-state index in [0.29, 0.717) is 22.4 Å². The smallest absolute Gasteiger partial charge is 0.242 e. The lowest BCUT2D eigenvalue weighted by Crippen LogP contribution is -2.33. The molecule has 1 heterocycles. The number of nitrogens with zero attached hydrogens (tertiary/aromatic N) is 2. The van der Waals surface area contributed by atoms with Gasteiger partial charge in [-0.2, -0.15) is 0 Å². The molecule has 0 radical (unpaired) electrons. The third-order valence-electron chi connectivity index (χ3n) is 5.34. The number of amidine groups is 1. The van der Waals surface area contributed by atoms with E-state index in [4.69, 9.17) is 9.47 Å². The van der Waals surface area contributed by atoms with Gasteiger partial charge >= 0.3 is 0 Å². The van der Waals surface area contributed by atoms with Gasteiger partial charge in [0.05, 0.1) is 26.5 Å². The van der Waals surface area contributed by atoms with Crippen molar-refractivity contribution in [3.8, 4) is 11.5 Å². The molecular weight excluding hydrogens is 469 g/mol. The standard InChI is InChI=1S/C26H24FN3O4S/c1-33-18-13-11-17(12-14-18)16-30-25(32)23(35-26(30)29-20-8-4-3-7-19(20)27)15-24(31)28-21-9-5-6-10-22(21)34-2/h3-14,23H,15-16H2,1-2H3,(H,28,31)/t23-/m1/s1. The van der Waals surface area contributed by atoms with Crippen LogP contribution in [-0.2, 0) is 16.1 Å². The van der Waals surface area contributed by atoms with Gasteiger partial charge in [0.15, 0.2) is 5.17 Å². The summed E-state index contributed by atoms with van der Waals surface area (Å²) in [6.45, 7) is 0.230. The molecule has 3 aromatic carbocycles. The number of carbonyl (C=O) groups excluding carboxylic acids is 2. The van der Waals surface area contributed by atoms with Crippen molar-refractivity contribution in [2.24, 2.45) is 4.99 Å². The minimum absolute atomic E-state index is 0.0725. The van der Waals surface area contributed by atoms with Gasteiger partial charge in [-0.25, -0.2) is 9.38 Å². The number of benzene rings is 3. The fourth-order valence-electron chi connectivity index (χ4n) is 3.55. The Balaban J connectivity index is 1.56. The van der Waals surface area contributed by atoms with E-state index in [1.807, 2.05) is 12.1 Å². The maximum Gasteiger partial charge on any atom is 0.242 e. The van der Waals surface area contributed by atoms with Gasteiger partial charge in [0, 0.05) is 6.42 Å². The molecule has 0 unspecified atom stereocenters. The monoisotopic (exact) mass is 493 g/mol. The highest BCUT2D eigenvalue weighted by Crippen LogP contribution is 2.34. The van der Waals surface area contributed by atoms with Crippen LogP contribution in [0.2, 0.25) is 0 Å². The van der Waals surface area contributed by atoms with Gasteiger partial charge in [-0.05, 0) is 42.0 Å². The first-order valence-corrected chi connectivity index (χ1v) is 11.7. The number of nitrogens with one attached hydrogen (secondary N) is 1. The zero-order chi connectivity index (χ0) is 24.8. The first-order chi connectivity index (χ1) is 17.0. The maximum absolute atomic E-state index is 14.3. The van der Waals surface area contributed by atoms with Crippen molar-refractivity contribution in [1.82, 2.24) is 4.90 Å². The number of carbonyl (C=O) groups is 2. The average Bonchev–Trinajstić information content (AvgIpc) is 3.15. The van der Waals surface area contributed by atoms with Crippen molar-refractivity contribution in [3.63, 3.8) is 0 Å². The van der Waals surface area contributed by atoms with Crippen LogP contribution in [-0.4, -0.2) is 41.4 Å². The number of rotatable bonds is 8. The molecule has 0 spiro atoms. The van der Waals surface area contributed by atoms with E-state index in [0.717, 1.165) is 17.3 Å². The number of aliphatic imine (C=N–C) groups is 1. The molecule has 1 atom stereocenters. The normalized spacial score (nSPS) is 16.4. The first kappa shape index (κ1) is 24.3. The number of ether oxygens (including phenoxy) is 2. The van der Waals surface area contributed by atoms with Crippen LogP contribution in [0.25, 0.3) is 0 Å². The lowest BCUT2D eigenvalue weighted by atomic mass is 10.2. The van der Waals surface area contributed by atoms with Crippen LogP contribution in [0.15, 0.2) is 77.8 Å². The summed E-state index contributed by atoms with van der Waals surface area (Å²) in [5.74, 6) is 0.124. The third-order valence-corrected chi connectivity index (χ3v) is 6.52. The summed E-state index contributed by atoms with van der Waals surface area (Å²) >= 11 is 1.15. The number of halogens is 1. The van der Waals surface area contributed by atoms with Crippen molar-refractivity contribution < 1.29 is 23.5 Å². The second kappa shape index (κ2) is 11.1. The SMILES string of the molecule is COc1ccc(CN2C(=O)[C@@H](CC(=O)Nc3ccccc3OC)SC2=Nc2ccccc2F)cc1. The van der Waals surface area contributed by atoms with E-state index >= 15 is 0 Å². The van der Waals surface area contributed by atoms with Crippen molar-refractivity contribution in [2.75, 3.05) is 19.5 Å². The van der Waals surface area contributed by atoms with Gasteiger partial charge < -0.3 is 14.8 Å². The summed E-state index contributed by atoms with van der Waals surface area (Å²) in [7, 11) is 3.10. The summed E-state index contributed by atoms with van der Waals surface area (Å²) in [6.07, 6.45) is -0.0725. The molecule has 1 aliphatic heterocycles. The zero-order valence-corrected chi connectivity index (χ0v) is 20.0. The second-order valence-electron chi connectivity index (χ2n) is 7.68. The molecule has 1 saturated heterocycles. The lowest BCUT2D eigenvalue weighted by Gasteiger charge is -2.17. The summed E-state index contributed by atoms with van der Waals surface area (Å²) < 4.78 is 24.8. The Bertz CT molecular complexity index is 1250. The molecule has 35 heavy (non-hydrogen) atoms. The molecule has 9 heteroatoms. The van der Waals surface area contributed by atoms with E-state index in [-0.39, 0.29) is 30.5 Å². The molecule has 180 valence electrons. The minimum atomic E-state index is -0.700. The number of para-hydroxylation sites is 3. The third kappa shape index (κ3) is 5.81. The maximum atomic E-state index is 14.3. The minimum Gasteiger partial charge on any atom is -0.497 e. The lowest BCUT2D eigenvalue weighted by molar-refractivity contribution is -0.128. The molecular formula is C26H24FN3O4S. The van der Waals surface area contributed by atoms with Crippen molar-refractivity contribution in [1.29, 1.82) is 0 Å². The van der Waals surface area contributed by atoms with Crippen LogP contribution < -0.4 is 14.8 Å². The van der Waals surface area contributed by atoms with E-state index < -0.39 is 11.1 Å². The molecule has 3 aromatic rings. The molecule has 0 saturated carbocycles. The summed E-state index contributed by atoms with van der Waals surface area (Å²) in [4.78, 5) is 32.0. The summed E-state index contributed by atoms with van der Waals surface area (Å²) in [5, 5.41) is 2.44. The zero-order valence-electron chi connectivity index (χ0n) is 19.2. The number of thioether (sulfide) groups is 1. The van der Waals surface area contributed by atoms with Crippen LogP contribution in [0.1, 0.15) is 12.0 Å². The van der Waals surface area contributed by atoms with Crippen LogP contribution in [0.3, 0.4) is 0 Å². The van der Waals surface area contributed by atoms with Crippen LogP contribution in [0.5, 0.6) is 11.5 Å². The van der Waals surface area contributed by atoms with Crippen molar-refractivity contribution in [3.05, 3.63) is 84.2 Å². The number of hydrogen-bond donors (Lipinski definition) is 1. The molecule has 4 rings (SSSR count). The second-order valence-corrected chi connectivity index (χ2v) is 8.85. The Kier molecular flexibility index (Phi) is 7.67. The fraction of sp³-hybridized carbons (Fsp3) is 0.192. The Morgan fingerprint density at radius 3 is 2.46 bits per heavy atom. The van der Waals surface area contributed by atoms with Gasteiger partial charge in [-0.15, -0.1) is 0 Å². The van der Waals surface area contributed by atoms with Crippen molar-refractivity contribution in [2.45, 2.75) is 18.2 Å². The van der Waals surface area contributed by atoms with Crippen LogP contribution in [0.4, 0.5) is 15.8 Å². The highest BCUT2D eigenvalue weighted by Gasteiger charge is 2.39. The Labute approximate surface area is 207 Å². The largest absolute Gasteiger partial charge is 0.497 e. The first-order valence-electron chi connectivity index (χ1n) is 10.9. The van der Waals surface area contributed by atoms with E-state index in [1.54, 1.807) is 61.7 Å². The molecule has 0 aliphatic carbocycles. The molecule has 2 amide bonds. The summed E-state index contributed by atoms with van der Waals surface area (Å²) in [5.41, 5.74) is 1.49. The predicted molar refractivity (Wildman–Crippen MR) is 135 cm³/mol. The number of amides is 2. The molecule has 1 N–H and O–H groups in total. The average molecular weight is 494 g/mol. The Hall–Kier alpha value is -3.85. The highest BCUT2D eigenvalue weighted by atomic mass is 32.2. The quantitative estimate of drug-likeness (QED) is 0.478. The van der Waals surface area contributed by atoms with E-state index in [9.17, 15) is 14.0 Å². The van der Waals surface area contributed by atoms with Crippen LogP contribution in [0, 0.1) is 5.82 Å². The van der Waals surface area contributed by atoms with E-state index in [2.05, 4.69) is 10.3 Å². The number of anilines is 1. The summed E-state index contributed by atoms with van der Waals surface area (Å²) in [6, 6.07) is 20.4. The van der Waals surface area contributed by atoms with Gasteiger partial charge in [-0.1, -0.05) is 48.2 Å². The molecule has 1 aliphatic rings. The highest BCUT2D eigenvalue weighted by molar-refractivity contribution is 8.15. The Morgan fingerprint density at radius 1 is 1.03 bits per heavy atom. The predicted octanol–water partition coefficient (Wildman–Crippen LogP) is 5.00. The molecule has 7 nitrogen and oxygen atoms in total. The van der Waals surface area contributed by atoms with Gasteiger partial charge in [0.25, 0.3) is 0 Å². The molecule has 1 fully saturated rings. The molecule has 0 bridgehead atoms.